The molecular weight excluding hydrogens is 208 g/mol. The highest BCUT2D eigenvalue weighted by Gasteiger charge is 2.34. The molecule has 17 heavy (non-hydrogen) atoms. The first-order valence-electron chi connectivity index (χ1n) is 6.79. The minimum Gasteiger partial charge on any atom is -0.299 e. The molecule has 0 N–H and O–H groups in total. The van der Waals surface area contributed by atoms with E-state index in [0.29, 0.717) is 17.6 Å². The molecule has 2 rings (SSSR count). The molecule has 0 saturated heterocycles. The second-order valence-electron chi connectivity index (χ2n) is 5.30. The van der Waals surface area contributed by atoms with Crippen molar-refractivity contribution in [2.24, 2.45) is 11.8 Å². The zero-order valence-electron chi connectivity index (χ0n) is 10.9. The van der Waals surface area contributed by atoms with Gasteiger partial charge in [-0.05, 0) is 37.7 Å². The topological polar surface area (TPSA) is 17.1 Å². The lowest BCUT2D eigenvalue weighted by Crippen LogP contribution is -2.32. The van der Waals surface area contributed by atoms with Crippen LogP contribution in [-0.4, -0.2) is 5.78 Å². The van der Waals surface area contributed by atoms with Gasteiger partial charge in [0.2, 0.25) is 0 Å². The number of hydrogen-bond acceptors (Lipinski definition) is 1. The van der Waals surface area contributed by atoms with Crippen LogP contribution in [-0.2, 0) is 11.2 Å². The monoisotopic (exact) mass is 230 g/mol. The van der Waals surface area contributed by atoms with Crippen LogP contribution in [0.2, 0.25) is 0 Å². The van der Waals surface area contributed by atoms with Crippen LogP contribution >= 0.6 is 0 Å². The summed E-state index contributed by atoms with van der Waals surface area (Å²) in [4.78, 5) is 12.0. The molecule has 0 heterocycles. The highest BCUT2D eigenvalue weighted by atomic mass is 16.1. The molecule has 1 aliphatic rings. The summed E-state index contributed by atoms with van der Waals surface area (Å²) in [5.74, 6) is 1.55. The SMILES string of the molecule is CCC1CCC1C(=O)CCc1ccc(C)cc1. The fraction of sp³-hybridized carbons (Fsp3) is 0.562. The van der Waals surface area contributed by atoms with Crippen molar-refractivity contribution < 1.29 is 4.79 Å². The third-order valence-corrected chi connectivity index (χ3v) is 4.14. The minimum absolute atomic E-state index is 0.380. The van der Waals surface area contributed by atoms with E-state index in [-0.39, 0.29) is 0 Å². The van der Waals surface area contributed by atoms with Crippen molar-refractivity contribution in [1.82, 2.24) is 0 Å². The molecule has 1 aliphatic carbocycles. The Morgan fingerprint density at radius 2 is 1.94 bits per heavy atom. The van der Waals surface area contributed by atoms with Gasteiger partial charge in [-0.25, -0.2) is 0 Å². The minimum atomic E-state index is 0.380. The summed E-state index contributed by atoms with van der Waals surface area (Å²) in [5.41, 5.74) is 2.57. The Balaban J connectivity index is 1.82. The van der Waals surface area contributed by atoms with E-state index in [1.165, 1.54) is 24.0 Å². The molecule has 0 aliphatic heterocycles. The number of hydrogen-bond donors (Lipinski definition) is 0. The Hall–Kier alpha value is -1.11. The molecule has 1 aromatic rings. The Kier molecular flexibility index (Phi) is 3.98. The fourth-order valence-corrected chi connectivity index (χ4v) is 2.69. The van der Waals surface area contributed by atoms with Crippen molar-refractivity contribution in [3.63, 3.8) is 0 Å². The van der Waals surface area contributed by atoms with Crippen LogP contribution in [0.15, 0.2) is 24.3 Å². The Labute approximate surface area is 104 Å². The van der Waals surface area contributed by atoms with E-state index in [1.54, 1.807) is 0 Å². The van der Waals surface area contributed by atoms with E-state index in [9.17, 15) is 4.79 Å². The van der Waals surface area contributed by atoms with E-state index in [2.05, 4.69) is 38.1 Å². The van der Waals surface area contributed by atoms with Crippen molar-refractivity contribution in [2.75, 3.05) is 0 Å². The second kappa shape index (κ2) is 5.48. The quantitative estimate of drug-likeness (QED) is 0.749. The summed E-state index contributed by atoms with van der Waals surface area (Å²) >= 11 is 0. The number of ketones is 1. The summed E-state index contributed by atoms with van der Waals surface area (Å²) in [7, 11) is 0. The number of aryl methyl sites for hydroxylation is 2. The number of carbonyl (C=O) groups is 1. The lowest BCUT2D eigenvalue weighted by molar-refractivity contribution is -0.128. The van der Waals surface area contributed by atoms with Gasteiger partial charge in [-0.3, -0.25) is 4.79 Å². The van der Waals surface area contributed by atoms with Gasteiger partial charge in [-0.1, -0.05) is 43.2 Å². The van der Waals surface area contributed by atoms with Crippen molar-refractivity contribution in [3.05, 3.63) is 35.4 Å². The molecular formula is C16H22O. The van der Waals surface area contributed by atoms with E-state index in [0.717, 1.165) is 19.3 Å². The molecule has 1 fully saturated rings. The van der Waals surface area contributed by atoms with Crippen LogP contribution < -0.4 is 0 Å². The fourth-order valence-electron chi connectivity index (χ4n) is 2.69. The third-order valence-electron chi connectivity index (χ3n) is 4.14. The molecule has 1 saturated carbocycles. The van der Waals surface area contributed by atoms with Gasteiger partial charge in [0.05, 0.1) is 0 Å². The van der Waals surface area contributed by atoms with Gasteiger partial charge in [-0.2, -0.15) is 0 Å². The Morgan fingerprint density at radius 1 is 1.24 bits per heavy atom. The lowest BCUT2D eigenvalue weighted by atomic mass is 9.69. The molecule has 0 spiro atoms. The van der Waals surface area contributed by atoms with Gasteiger partial charge < -0.3 is 0 Å². The summed E-state index contributed by atoms with van der Waals surface area (Å²) in [5, 5.41) is 0. The smallest absolute Gasteiger partial charge is 0.136 e. The number of rotatable bonds is 5. The molecule has 1 nitrogen and oxygen atoms in total. The highest BCUT2D eigenvalue weighted by molar-refractivity contribution is 5.82. The predicted molar refractivity (Wildman–Crippen MR) is 71.0 cm³/mol. The van der Waals surface area contributed by atoms with Crippen LogP contribution in [0.5, 0.6) is 0 Å². The van der Waals surface area contributed by atoms with Crippen LogP contribution in [0.1, 0.15) is 43.7 Å². The molecule has 2 unspecified atom stereocenters. The number of carbonyl (C=O) groups excluding carboxylic acids is 1. The van der Waals surface area contributed by atoms with E-state index in [1.807, 2.05) is 0 Å². The molecule has 92 valence electrons. The van der Waals surface area contributed by atoms with Crippen molar-refractivity contribution in [3.8, 4) is 0 Å². The van der Waals surface area contributed by atoms with Crippen LogP contribution in [0.4, 0.5) is 0 Å². The number of benzene rings is 1. The zero-order valence-corrected chi connectivity index (χ0v) is 10.9. The largest absolute Gasteiger partial charge is 0.299 e. The van der Waals surface area contributed by atoms with Crippen LogP contribution in [0, 0.1) is 18.8 Å². The summed E-state index contributed by atoms with van der Waals surface area (Å²) in [6.07, 6.45) is 5.19. The van der Waals surface area contributed by atoms with Gasteiger partial charge in [0.1, 0.15) is 5.78 Å². The average Bonchev–Trinajstić information content (AvgIpc) is 2.27. The van der Waals surface area contributed by atoms with Gasteiger partial charge in [-0.15, -0.1) is 0 Å². The first-order valence-corrected chi connectivity index (χ1v) is 6.79. The summed E-state index contributed by atoms with van der Waals surface area (Å²) < 4.78 is 0. The van der Waals surface area contributed by atoms with Gasteiger partial charge in [0, 0.05) is 12.3 Å². The zero-order chi connectivity index (χ0) is 12.3. The van der Waals surface area contributed by atoms with Crippen molar-refractivity contribution in [1.29, 1.82) is 0 Å². The molecule has 1 heteroatoms. The highest BCUT2D eigenvalue weighted by Crippen LogP contribution is 2.37. The molecule has 0 aromatic heterocycles. The maximum Gasteiger partial charge on any atom is 0.136 e. The summed E-state index contributed by atoms with van der Waals surface area (Å²) in [6.45, 7) is 4.29. The average molecular weight is 230 g/mol. The Morgan fingerprint density at radius 3 is 2.47 bits per heavy atom. The maximum absolute atomic E-state index is 12.0. The van der Waals surface area contributed by atoms with Crippen molar-refractivity contribution >= 4 is 5.78 Å². The van der Waals surface area contributed by atoms with E-state index < -0.39 is 0 Å². The van der Waals surface area contributed by atoms with Crippen LogP contribution in [0.25, 0.3) is 0 Å². The molecule has 0 amide bonds. The number of Topliss-reactive ketones (excluding diaryl/α,β-unsaturated/α-hetero) is 1. The molecule has 2 atom stereocenters. The van der Waals surface area contributed by atoms with E-state index in [4.69, 9.17) is 0 Å². The van der Waals surface area contributed by atoms with E-state index >= 15 is 0 Å². The van der Waals surface area contributed by atoms with Gasteiger partial charge in [0.25, 0.3) is 0 Å². The lowest BCUT2D eigenvalue weighted by Gasteiger charge is -2.34. The molecule has 1 aromatic carbocycles. The van der Waals surface area contributed by atoms with Gasteiger partial charge >= 0.3 is 0 Å². The third kappa shape index (κ3) is 2.96. The first-order chi connectivity index (χ1) is 8.20. The summed E-state index contributed by atoms with van der Waals surface area (Å²) in [6, 6.07) is 8.53. The van der Waals surface area contributed by atoms with Crippen molar-refractivity contribution in [2.45, 2.75) is 46.0 Å². The predicted octanol–water partition coefficient (Wildman–Crippen LogP) is 3.93. The second-order valence-corrected chi connectivity index (χ2v) is 5.30. The first kappa shape index (κ1) is 12.3. The molecule has 0 bridgehead atoms. The van der Waals surface area contributed by atoms with Crippen LogP contribution in [0.3, 0.4) is 0 Å². The normalized spacial score (nSPS) is 23.2. The maximum atomic E-state index is 12.0. The standard InChI is InChI=1S/C16H22O/c1-3-14-9-10-15(14)16(17)11-8-13-6-4-12(2)5-7-13/h4-7,14-15H,3,8-11H2,1-2H3. The Bertz CT molecular complexity index is 375. The molecule has 0 radical (unpaired) electrons. The van der Waals surface area contributed by atoms with Gasteiger partial charge in [0.15, 0.2) is 0 Å².